The highest BCUT2D eigenvalue weighted by Crippen LogP contribution is 2.43. The highest BCUT2D eigenvalue weighted by Gasteiger charge is 2.34. The SMILES string of the molecule is Cc1ccc(F)c([C@H](C2CCCCC2)N2CCNCC2)c1O.Cl.Cl. The van der Waals surface area contributed by atoms with Gasteiger partial charge in [-0.3, -0.25) is 4.90 Å². The first-order valence-electron chi connectivity index (χ1n) is 8.61. The summed E-state index contributed by atoms with van der Waals surface area (Å²) in [5.41, 5.74) is 1.31. The van der Waals surface area contributed by atoms with E-state index in [1.165, 1.54) is 25.3 Å². The van der Waals surface area contributed by atoms with Crippen LogP contribution in [0.1, 0.15) is 49.3 Å². The second-order valence-electron chi connectivity index (χ2n) is 6.76. The van der Waals surface area contributed by atoms with E-state index in [9.17, 15) is 9.50 Å². The third kappa shape index (κ3) is 4.54. The lowest BCUT2D eigenvalue weighted by Crippen LogP contribution is -2.47. The molecule has 0 amide bonds. The number of phenolic OH excluding ortho intramolecular Hbond substituents is 1. The van der Waals surface area contributed by atoms with Crippen LogP contribution in [0.3, 0.4) is 0 Å². The number of piperazine rings is 1. The second kappa shape index (κ2) is 9.81. The molecule has 3 rings (SSSR count). The zero-order valence-electron chi connectivity index (χ0n) is 14.3. The maximum atomic E-state index is 14.6. The van der Waals surface area contributed by atoms with Gasteiger partial charge in [0.1, 0.15) is 11.6 Å². The molecule has 24 heavy (non-hydrogen) atoms. The zero-order chi connectivity index (χ0) is 15.5. The van der Waals surface area contributed by atoms with Gasteiger partial charge in [-0.1, -0.05) is 25.3 Å². The van der Waals surface area contributed by atoms with Crippen molar-refractivity contribution in [2.24, 2.45) is 5.92 Å². The van der Waals surface area contributed by atoms with Gasteiger partial charge in [0.05, 0.1) is 0 Å². The minimum Gasteiger partial charge on any atom is -0.507 e. The molecule has 1 aromatic rings. The first kappa shape index (κ1) is 21.5. The standard InChI is InChI=1S/C18H27FN2O.2ClH/c1-13-7-8-15(19)16(18(13)22)17(14-5-3-2-4-6-14)21-11-9-20-10-12-21;;/h7-8,14,17,20,22H,2-6,9-12H2,1H3;2*1H/t17-;;/m0../s1. The van der Waals surface area contributed by atoms with Gasteiger partial charge < -0.3 is 10.4 Å². The quantitative estimate of drug-likeness (QED) is 0.826. The van der Waals surface area contributed by atoms with Crippen LogP contribution in [0, 0.1) is 18.7 Å². The summed E-state index contributed by atoms with van der Waals surface area (Å²) in [7, 11) is 0. The Morgan fingerprint density at radius 2 is 1.75 bits per heavy atom. The highest BCUT2D eigenvalue weighted by molar-refractivity contribution is 5.85. The van der Waals surface area contributed by atoms with Crippen molar-refractivity contribution in [3.8, 4) is 5.75 Å². The van der Waals surface area contributed by atoms with Crippen molar-refractivity contribution in [1.82, 2.24) is 10.2 Å². The summed E-state index contributed by atoms with van der Waals surface area (Å²) >= 11 is 0. The van der Waals surface area contributed by atoms with Crippen molar-refractivity contribution in [2.75, 3.05) is 26.2 Å². The van der Waals surface area contributed by atoms with Gasteiger partial charge in [-0.2, -0.15) is 0 Å². The van der Waals surface area contributed by atoms with Crippen molar-refractivity contribution >= 4 is 24.8 Å². The highest BCUT2D eigenvalue weighted by atomic mass is 35.5. The number of benzene rings is 1. The fraction of sp³-hybridized carbons (Fsp3) is 0.667. The molecular weight excluding hydrogens is 350 g/mol. The summed E-state index contributed by atoms with van der Waals surface area (Å²) in [6.45, 7) is 5.59. The molecule has 1 atom stereocenters. The van der Waals surface area contributed by atoms with E-state index in [4.69, 9.17) is 0 Å². The minimum atomic E-state index is -0.253. The van der Waals surface area contributed by atoms with Crippen molar-refractivity contribution < 1.29 is 9.50 Å². The number of halogens is 3. The molecule has 6 heteroatoms. The van der Waals surface area contributed by atoms with Crippen molar-refractivity contribution in [3.05, 3.63) is 29.1 Å². The Balaban J connectivity index is 0.00000144. The summed E-state index contributed by atoms with van der Waals surface area (Å²) in [4.78, 5) is 2.38. The Morgan fingerprint density at radius 3 is 2.38 bits per heavy atom. The van der Waals surface area contributed by atoms with E-state index < -0.39 is 0 Å². The Hall–Kier alpha value is -0.550. The molecular formula is C18H29Cl2FN2O. The van der Waals surface area contributed by atoms with Gasteiger partial charge in [0.2, 0.25) is 0 Å². The van der Waals surface area contributed by atoms with E-state index in [-0.39, 0.29) is 42.4 Å². The van der Waals surface area contributed by atoms with E-state index in [2.05, 4.69) is 10.2 Å². The summed E-state index contributed by atoms with van der Waals surface area (Å²) in [5, 5.41) is 13.9. The molecule has 2 aliphatic rings. The van der Waals surface area contributed by atoms with E-state index in [1.807, 2.05) is 6.92 Å². The molecule has 1 heterocycles. The largest absolute Gasteiger partial charge is 0.507 e. The number of aromatic hydroxyl groups is 1. The summed E-state index contributed by atoms with van der Waals surface area (Å²) in [6, 6.07) is 3.20. The van der Waals surface area contributed by atoms with Crippen molar-refractivity contribution in [3.63, 3.8) is 0 Å². The molecule has 0 radical (unpaired) electrons. The number of nitrogens with zero attached hydrogens (tertiary/aromatic N) is 1. The molecule has 0 unspecified atom stereocenters. The maximum absolute atomic E-state index is 14.6. The smallest absolute Gasteiger partial charge is 0.131 e. The molecule has 1 aliphatic heterocycles. The topological polar surface area (TPSA) is 35.5 Å². The number of aryl methyl sites for hydroxylation is 1. The molecule has 138 valence electrons. The second-order valence-corrected chi connectivity index (χ2v) is 6.76. The summed E-state index contributed by atoms with van der Waals surface area (Å²) in [5.74, 6) is 0.361. The van der Waals surface area contributed by atoms with Crippen molar-refractivity contribution in [2.45, 2.75) is 45.1 Å². The number of rotatable bonds is 3. The van der Waals surface area contributed by atoms with Crippen LogP contribution in [-0.4, -0.2) is 36.2 Å². The lowest BCUT2D eigenvalue weighted by Gasteiger charge is -2.41. The molecule has 0 aromatic heterocycles. The lowest BCUT2D eigenvalue weighted by atomic mass is 9.79. The van der Waals surface area contributed by atoms with Crippen LogP contribution in [0.2, 0.25) is 0 Å². The van der Waals surface area contributed by atoms with Crippen LogP contribution in [0.25, 0.3) is 0 Å². The number of hydrogen-bond donors (Lipinski definition) is 2. The normalized spacial score (nSPS) is 20.8. The first-order chi connectivity index (χ1) is 10.7. The van der Waals surface area contributed by atoms with Crippen molar-refractivity contribution in [1.29, 1.82) is 0 Å². The fourth-order valence-electron chi connectivity index (χ4n) is 4.10. The molecule has 2 N–H and O–H groups in total. The molecule has 1 saturated carbocycles. The molecule has 2 fully saturated rings. The monoisotopic (exact) mass is 378 g/mol. The Labute approximate surface area is 156 Å². The minimum absolute atomic E-state index is 0. The summed E-state index contributed by atoms with van der Waals surface area (Å²) < 4.78 is 14.6. The van der Waals surface area contributed by atoms with Gasteiger partial charge in [-0.05, 0) is 37.3 Å². The molecule has 1 aliphatic carbocycles. The van der Waals surface area contributed by atoms with E-state index in [1.54, 1.807) is 6.07 Å². The van der Waals surface area contributed by atoms with Gasteiger partial charge >= 0.3 is 0 Å². The summed E-state index contributed by atoms with van der Waals surface area (Å²) in [6.07, 6.45) is 6.01. The van der Waals surface area contributed by atoms with Gasteiger partial charge in [-0.25, -0.2) is 4.39 Å². The number of phenols is 1. The van der Waals surface area contributed by atoms with Gasteiger partial charge in [0.25, 0.3) is 0 Å². The van der Waals surface area contributed by atoms with Crippen LogP contribution in [0.4, 0.5) is 4.39 Å². The van der Waals surface area contributed by atoms with E-state index >= 15 is 0 Å². The van der Waals surface area contributed by atoms with Crippen LogP contribution < -0.4 is 5.32 Å². The Morgan fingerprint density at radius 1 is 1.12 bits per heavy atom. The Kier molecular flexibility index (Phi) is 8.78. The van der Waals surface area contributed by atoms with Gasteiger partial charge in [0.15, 0.2) is 0 Å². The predicted octanol–water partition coefficient (Wildman–Crippen LogP) is 4.21. The molecule has 0 bridgehead atoms. The average molecular weight is 379 g/mol. The lowest BCUT2D eigenvalue weighted by molar-refractivity contribution is 0.0983. The fourth-order valence-corrected chi connectivity index (χ4v) is 4.10. The van der Waals surface area contributed by atoms with Gasteiger partial charge in [-0.15, -0.1) is 24.8 Å². The third-order valence-electron chi connectivity index (χ3n) is 5.30. The molecule has 1 saturated heterocycles. The van der Waals surface area contributed by atoms with E-state index in [0.717, 1.165) is 44.6 Å². The maximum Gasteiger partial charge on any atom is 0.131 e. The number of nitrogens with one attached hydrogen (secondary N) is 1. The molecule has 1 aromatic carbocycles. The average Bonchev–Trinajstić information content (AvgIpc) is 2.57. The number of hydrogen-bond acceptors (Lipinski definition) is 3. The van der Waals surface area contributed by atoms with E-state index in [0.29, 0.717) is 11.5 Å². The molecule has 0 spiro atoms. The van der Waals surface area contributed by atoms with Crippen LogP contribution in [0.5, 0.6) is 5.75 Å². The molecule has 3 nitrogen and oxygen atoms in total. The first-order valence-corrected chi connectivity index (χ1v) is 8.61. The zero-order valence-corrected chi connectivity index (χ0v) is 15.9. The Bertz CT molecular complexity index is 500. The van der Waals surface area contributed by atoms with Crippen LogP contribution >= 0.6 is 24.8 Å². The van der Waals surface area contributed by atoms with Crippen LogP contribution in [-0.2, 0) is 0 Å². The predicted molar refractivity (Wildman–Crippen MR) is 101 cm³/mol. The van der Waals surface area contributed by atoms with Crippen LogP contribution in [0.15, 0.2) is 12.1 Å². The van der Waals surface area contributed by atoms with Gasteiger partial charge in [0, 0.05) is 37.8 Å². The third-order valence-corrected chi connectivity index (χ3v) is 5.30.